The number of aryl methyl sites for hydroxylation is 1. The van der Waals surface area contributed by atoms with Gasteiger partial charge < -0.3 is 9.47 Å². The Labute approximate surface area is 101 Å². The molecule has 0 saturated carbocycles. The highest BCUT2D eigenvalue weighted by Crippen LogP contribution is 2.12. The molecule has 0 N–H and O–H groups in total. The van der Waals surface area contributed by atoms with E-state index in [0.717, 1.165) is 12.2 Å². The van der Waals surface area contributed by atoms with Crippen molar-refractivity contribution in [3.63, 3.8) is 0 Å². The van der Waals surface area contributed by atoms with E-state index in [1.54, 1.807) is 4.90 Å². The molecule has 3 nitrogen and oxygen atoms in total. The predicted octanol–water partition coefficient (Wildman–Crippen LogP) is 2.54. The summed E-state index contributed by atoms with van der Waals surface area (Å²) in [6, 6.07) is 13.6. The highest BCUT2D eigenvalue weighted by Gasteiger charge is 2.09. The number of amides is 1. The molecule has 0 saturated heterocycles. The SMILES string of the molecule is CN(C(=O)CCn1cccc1)c1ccccc1. The lowest BCUT2D eigenvalue weighted by Crippen LogP contribution is -2.26. The quantitative estimate of drug-likeness (QED) is 0.789. The Morgan fingerprint density at radius 2 is 1.76 bits per heavy atom. The zero-order valence-corrected chi connectivity index (χ0v) is 9.91. The minimum absolute atomic E-state index is 0.130. The number of benzene rings is 1. The summed E-state index contributed by atoms with van der Waals surface area (Å²) in [5.74, 6) is 0.130. The minimum atomic E-state index is 0.130. The summed E-state index contributed by atoms with van der Waals surface area (Å²) < 4.78 is 2.01. The number of hydrogen-bond donors (Lipinski definition) is 0. The first kappa shape index (κ1) is 11.5. The van der Waals surface area contributed by atoms with Gasteiger partial charge in [-0.15, -0.1) is 0 Å². The molecule has 1 amide bonds. The first-order chi connectivity index (χ1) is 8.27. The van der Waals surface area contributed by atoms with Gasteiger partial charge in [0.25, 0.3) is 0 Å². The third-order valence-corrected chi connectivity index (χ3v) is 2.77. The van der Waals surface area contributed by atoms with Crippen LogP contribution in [-0.2, 0) is 11.3 Å². The number of carbonyl (C=O) groups excluding carboxylic acids is 1. The summed E-state index contributed by atoms with van der Waals surface area (Å²) in [4.78, 5) is 13.6. The highest BCUT2D eigenvalue weighted by atomic mass is 16.2. The Morgan fingerprint density at radius 3 is 2.41 bits per heavy atom. The summed E-state index contributed by atoms with van der Waals surface area (Å²) in [6.45, 7) is 0.725. The Bertz CT molecular complexity index is 462. The van der Waals surface area contributed by atoms with E-state index in [2.05, 4.69) is 0 Å². The van der Waals surface area contributed by atoms with Crippen molar-refractivity contribution in [2.24, 2.45) is 0 Å². The van der Waals surface area contributed by atoms with Crippen LogP contribution in [-0.4, -0.2) is 17.5 Å². The number of nitrogens with zero attached hydrogens (tertiary/aromatic N) is 2. The van der Waals surface area contributed by atoms with Crippen LogP contribution >= 0.6 is 0 Å². The second-order valence-corrected chi connectivity index (χ2v) is 3.96. The molecular formula is C14H16N2O. The maximum absolute atomic E-state index is 12.0. The third kappa shape index (κ3) is 2.97. The van der Waals surface area contributed by atoms with Gasteiger partial charge in [-0.2, -0.15) is 0 Å². The minimum Gasteiger partial charge on any atom is -0.354 e. The molecule has 0 aliphatic heterocycles. The van der Waals surface area contributed by atoms with Crippen LogP contribution in [0.3, 0.4) is 0 Å². The normalized spacial score (nSPS) is 10.2. The third-order valence-electron chi connectivity index (χ3n) is 2.77. The molecule has 1 heterocycles. The molecule has 0 unspecified atom stereocenters. The number of anilines is 1. The molecule has 1 aromatic carbocycles. The summed E-state index contributed by atoms with van der Waals surface area (Å²) >= 11 is 0. The van der Waals surface area contributed by atoms with E-state index in [1.807, 2.05) is 66.5 Å². The average Bonchev–Trinajstić information content (AvgIpc) is 2.89. The van der Waals surface area contributed by atoms with Gasteiger partial charge in [0.1, 0.15) is 0 Å². The van der Waals surface area contributed by atoms with Crippen molar-refractivity contribution in [3.05, 3.63) is 54.9 Å². The number of rotatable bonds is 4. The molecule has 0 atom stereocenters. The Hall–Kier alpha value is -2.03. The van der Waals surface area contributed by atoms with Crippen molar-refractivity contribution in [1.29, 1.82) is 0 Å². The summed E-state index contributed by atoms with van der Waals surface area (Å²) in [6.07, 6.45) is 4.45. The van der Waals surface area contributed by atoms with E-state index in [-0.39, 0.29) is 5.91 Å². The number of aromatic nitrogens is 1. The number of carbonyl (C=O) groups is 1. The monoisotopic (exact) mass is 228 g/mol. The molecule has 0 aliphatic rings. The van der Waals surface area contributed by atoms with Crippen molar-refractivity contribution < 1.29 is 4.79 Å². The van der Waals surface area contributed by atoms with Crippen LogP contribution in [0, 0.1) is 0 Å². The fraction of sp³-hybridized carbons (Fsp3) is 0.214. The molecule has 1 aromatic heterocycles. The van der Waals surface area contributed by atoms with Crippen LogP contribution in [0.2, 0.25) is 0 Å². The number of para-hydroxylation sites is 1. The summed E-state index contributed by atoms with van der Waals surface area (Å²) in [5.41, 5.74) is 0.935. The maximum atomic E-state index is 12.0. The topological polar surface area (TPSA) is 25.2 Å². The molecule has 88 valence electrons. The Balaban J connectivity index is 1.92. The van der Waals surface area contributed by atoms with Crippen molar-refractivity contribution >= 4 is 11.6 Å². The van der Waals surface area contributed by atoms with Crippen LogP contribution in [0.15, 0.2) is 54.9 Å². The van der Waals surface area contributed by atoms with Crippen molar-refractivity contribution in [1.82, 2.24) is 4.57 Å². The van der Waals surface area contributed by atoms with Crippen LogP contribution in [0.1, 0.15) is 6.42 Å². The van der Waals surface area contributed by atoms with Gasteiger partial charge in [0, 0.05) is 38.1 Å². The fourth-order valence-corrected chi connectivity index (χ4v) is 1.71. The molecule has 17 heavy (non-hydrogen) atoms. The average molecular weight is 228 g/mol. The van der Waals surface area contributed by atoms with Crippen molar-refractivity contribution in [3.8, 4) is 0 Å². The Morgan fingerprint density at radius 1 is 1.12 bits per heavy atom. The van der Waals surface area contributed by atoms with Gasteiger partial charge in [-0.3, -0.25) is 4.79 Å². The molecule has 0 bridgehead atoms. The van der Waals surface area contributed by atoms with Crippen molar-refractivity contribution in [2.45, 2.75) is 13.0 Å². The zero-order valence-electron chi connectivity index (χ0n) is 9.91. The number of hydrogen-bond acceptors (Lipinski definition) is 1. The van der Waals surface area contributed by atoms with Gasteiger partial charge in [-0.1, -0.05) is 18.2 Å². The molecule has 0 fully saturated rings. The van der Waals surface area contributed by atoms with Gasteiger partial charge in [0.15, 0.2) is 0 Å². The standard InChI is InChI=1S/C14H16N2O/c1-15(13-7-3-2-4-8-13)14(17)9-12-16-10-5-6-11-16/h2-8,10-11H,9,12H2,1H3. The van der Waals surface area contributed by atoms with E-state index in [4.69, 9.17) is 0 Å². The van der Waals surface area contributed by atoms with Gasteiger partial charge in [-0.05, 0) is 24.3 Å². The van der Waals surface area contributed by atoms with E-state index in [9.17, 15) is 4.79 Å². The molecule has 0 aliphatic carbocycles. The lowest BCUT2D eigenvalue weighted by atomic mass is 10.2. The van der Waals surface area contributed by atoms with Gasteiger partial charge in [0.2, 0.25) is 5.91 Å². The van der Waals surface area contributed by atoms with E-state index >= 15 is 0 Å². The van der Waals surface area contributed by atoms with E-state index < -0.39 is 0 Å². The summed E-state index contributed by atoms with van der Waals surface area (Å²) in [7, 11) is 1.81. The van der Waals surface area contributed by atoms with Gasteiger partial charge >= 0.3 is 0 Å². The second-order valence-electron chi connectivity index (χ2n) is 3.96. The lowest BCUT2D eigenvalue weighted by molar-refractivity contribution is -0.118. The van der Waals surface area contributed by atoms with Crippen LogP contribution in [0.5, 0.6) is 0 Å². The molecule has 3 heteroatoms. The molecule has 2 rings (SSSR count). The highest BCUT2D eigenvalue weighted by molar-refractivity contribution is 5.92. The molecule has 2 aromatic rings. The Kier molecular flexibility index (Phi) is 3.60. The summed E-state index contributed by atoms with van der Waals surface area (Å²) in [5, 5.41) is 0. The molecule has 0 radical (unpaired) electrons. The lowest BCUT2D eigenvalue weighted by Gasteiger charge is -2.17. The van der Waals surface area contributed by atoms with Crippen molar-refractivity contribution in [2.75, 3.05) is 11.9 Å². The van der Waals surface area contributed by atoms with E-state index in [1.165, 1.54) is 0 Å². The van der Waals surface area contributed by atoms with Crippen LogP contribution < -0.4 is 4.90 Å². The predicted molar refractivity (Wildman–Crippen MR) is 68.9 cm³/mol. The fourth-order valence-electron chi connectivity index (χ4n) is 1.71. The largest absolute Gasteiger partial charge is 0.354 e. The zero-order chi connectivity index (χ0) is 12.1. The maximum Gasteiger partial charge on any atom is 0.228 e. The molecular weight excluding hydrogens is 212 g/mol. The van der Waals surface area contributed by atoms with Crippen LogP contribution in [0.4, 0.5) is 5.69 Å². The first-order valence-electron chi connectivity index (χ1n) is 5.70. The second kappa shape index (κ2) is 5.34. The van der Waals surface area contributed by atoms with Gasteiger partial charge in [0.05, 0.1) is 0 Å². The van der Waals surface area contributed by atoms with Crippen LogP contribution in [0.25, 0.3) is 0 Å². The van der Waals surface area contributed by atoms with E-state index in [0.29, 0.717) is 6.42 Å². The first-order valence-corrected chi connectivity index (χ1v) is 5.70. The smallest absolute Gasteiger partial charge is 0.228 e. The van der Waals surface area contributed by atoms with Gasteiger partial charge in [-0.25, -0.2) is 0 Å². The molecule has 0 spiro atoms.